The zero-order chi connectivity index (χ0) is 8.27. The molecule has 0 atom stereocenters. The molecule has 0 fully saturated rings. The van der Waals surface area contributed by atoms with Gasteiger partial charge < -0.3 is 5.11 Å². The lowest BCUT2D eigenvalue weighted by molar-refractivity contribution is 0.111. The second kappa shape index (κ2) is 3.25. The number of carbonyl (C=O) groups excluding carboxylic acids is 1. The van der Waals surface area contributed by atoms with E-state index < -0.39 is 0 Å². The van der Waals surface area contributed by atoms with Gasteiger partial charge >= 0.3 is 0 Å². The Kier molecular flexibility index (Phi) is 2.33. The molecule has 1 heterocycles. The molecule has 0 aromatic carbocycles. The van der Waals surface area contributed by atoms with Gasteiger partial charge in [-0.25, -0.2) is 0 Å². The fourth-order valence-electron chi connectivity index (χ4n) is 0.926. The van der Waals surface area contributed by atoms with Crippen LogP contribution in [0.1, 0.15) is 21.5 Å². The molecule has 3 heteroatoms. The number of aryl methyl sites for hydroxylation is 1. The first-order valence-corrected chi connectivity index (χ1v) is 3.29. The molecule has 0 saturated heterocycles. The number of hydrogen-bond donors (Lipinski definition) is 1. The minimum absolute atomic E-state index is 0.136. The van der Waals surface area contributed by atoms with Gasteiger partial charge in [0.25, 0.3) is 0 Å². The average molecular weight is 151 g/mol. The number of hydrogen-bond acceptors (Lipinski definition) is 3. The average Bonchev–Trinajstić information content (AvgIpc) is 2.04. The highest BCUT2D eigenvalue weighted by atomic mass is 16.3. The van der Waals surface area contributed by atoms with E-state index in [2.05, 4.69) is 4.98 Å². The predicted molar refractivity (Wildman–Crippen MR) is 40.3 cm³/mol. The Bertz CT molecular complexity index is 271. The zero-order valence-corrected chi connectivity index (χ0v) is 6.24. The number of aromatic nitrogens is 1. The summed E-state index contributed by atoms with van der Waals surface area (Å²) in [5, 5.41) is 8.78. The zero-order valence-electron chi connectivity index (χ0n) is 6.24. The number of aldehydes is 1. The molecule has 1 N–H and O–H groups in total. The van der Waals surface area contributed by atoms with Crippen molar-refractivity contribution in [3.63, 3.8) is 0 Å². The van der Waals surface area contributed by atoms with Crippen LogP contribution >= 0.6 is 0 Å². The molecular weight excluding hydrogens is 142 g/mol. The van der Waals surface area contributed by atoms with Crippen molar-refractivity contribution in [2.75, 3.05) is 0 Å². The van der Waals surface area contributed by atoms with Crippen molar-refractivity contribution in [1.82, 2.24) is 4.98 Å². The lowest BCUT2D eigenvalue weighted by atomic mass is 10.1. The molecule has 3 nitrogen and oxygen atoms in total. The topological polar surface area (TPSA) is 50.2 Å². The van der Waals surface area contributed by atoms with E-state index in [1.54, 1.807) is 13.1 Å². The Morgan fingerprint density at radius 1 is 1.64 bits per heavy atom. The highest BCUT2D eigenvalue weighted by Gasteiger charge is 2.02. The Morgan fingerprint density at radius 2 is 2.36 bits per heavy atom. The van der Waals surface area contributed by atoms with E-state index in [1.165, 1.54) is 6.20 Å². The summed E-state index contributed by atoms with van der Waals surface area (Å²) in [4.78, 5) is 14.3. The molecule has 0 saturated carbocycles. The lowest BCUT2D eigenvalue weighted by Gasteiger charge is -2.01. The fourth-order valence-corrected chi connectivity index (χ4v) is 0.926. The summed E-state index contributed by atoms with van der Waals surface area (Å²) >= 11 is 0. The lowest BCUT2D eigenvalue weighted by Crippen LogP contribution is -1.96. The maximum absolute atomic E-state index is 10.5. The van der Waals surface area contributed by atoms with Crippen LogP contribution in [0.3, 0.4) is 0 Å². The van der Waals surface area contributed by atoms with E-state index in [-0.39, 0.29) is 6.61 Å². The molecule has 0 spiro atoms. The van der Waals surface area contributed by atoms with Gasteiger partial charge in [0.2, 0.25) is 0 Å². The molecule has 1 aromatic rings. The SMILES string of the molecule is Cc1cncc(CO)c1C=O. The summed E-state index contributed by atoms with van der Waals surface area (Å²) < 4.78 is 0. The van der Waals surface area contributed by atoms with Gasteiger partial charge in [0, 0.05) is 23.5 Å². The molecule has 1 aromatic heterocycles. The minimum atomic E-state index is -0.136. The van der Waals surface area contributed by atoms with Gasteiger partial charge in [0.1, 0.15) is 0 Å². The van der Waals surface area contributed by atoms with Crippen LogP contribution in [0.5, 0.6) is 0 Å². The quantitative estimate of drug-likeness (QED) is 0.633. The summed E-state index contributed by atoms with van der Waals surface area (Å²) in [5.74, 6) is 0. The van der Waals surface area contributed by atoms with Crippen molar-refractivity contribution in [3.05, 3.63) is 29.1 Å². The van der Waals surface area contributed by atoms with Gasteiger partial charge in [-0.3, -0.25) is 9.78 Å². The standard InChI is InChI=1S/C8H9NO2/c1-6-2-9-3-7(4-10)8(6)5-11/h2-3,5,10H,4H2,1H3. The third kappa shape index (κ3) is 1.43. The van der Waals surface area contributed by atoms with E-state index in [4.69, 9.17) is 5.11 Å². The normalized spacial score (nSPS) is 9.64. The second-order valence-corrected chi connectivity index (χ2v) is 2.31. The van der Waals surface area contributed by atoms with Gasteiger partial charge in [-0.15, -0.1) is 0 Å². The second-order valence-electron chi connectivity index (χ2n) is 2.31. The van der Waals surface area contributed by atoms with Crippen LogP contribution in [-0.2, 0) is 6.61 Å². The summed E-state index contributed by atoms with van der Waals surface area (Å²) in [6.07, 6.45) is 3.84. The summed E-state index contributed by atoms with van der Waals surface area (Å²) in [6.45, 7) is 1.65. The third-order valence-corrected chi connectivity index (χ3v) is 1.56. The molecular formula is C8H9NO2. The molecule has 0 unspecified atom stereocenters. The number of rotatable bonds is 2. The Morgan fingerprint density at radius 3 is 2.82 bits per heavy atom. The van der Waals surface area contributed by atoms with Gasteiger partial charge in [0.05, 0.1) is 6.61 Å². The Labute approximate surface area is 64.7 Å². The number of aliphatic hydroxyl groups is 1. The van der Waals surface area contributed by atoms with Crippen LogP contribution in [0.4, 0.5) is 0 Å². The van der Waals surface area contributed by atoms with Crippen molar-refractivity contribution in [2.45, 2.75) is 13.5 Å². The highest BCUT2D eigenvalue weighted by Crippen LogP contribution is 2.08. The molecule has 0 aliphatic rings. The monoisotopic (exact) mass is 151 g/mol. The predicted octanol–water partition coefficient (Wildman–Crippen LogP) is 0.695. The first kappa shape index (κ1) is 7.88. The maximum atomic E-state index is 10.5. The van der Waals surface area contributed by atoms with Crippen molar-refractivity contribution >= 4 is 6.29 Å². The molecule has 0 bridgehead atoms. The van der Waals surface area contributed by atoms with Gasteiger partial charge in [-0.2, -0.15) is 0 Å². The Balaban J connectivity index is 3.24. The van der Waals surface area contributed by atoms with Crippen molar-refractivity contribution in [1.29, 1.82) is 0 Å². The minimum Gasteiger partial charge on any atom is -0.392 e. The maximum Gasteiger partial charge on any atom is 0.150 e. The number of carbonyl (C=O) groups is 1. The van der Waals surface area contributed by atoms with Crippen LogP contribution in [-0.4, -0.2) is 16.4 Å². The first-order chi connectivity index (χ1) is 5.29. The number of nitrogens with zero attached hydrogens (tertiary/aromatic N) is 1. The van der Waals surface area contributed by atoms with Crippen molar-refractivity contribution in [3.8, 4) is 0 Å². The largest absolute Gasteiger partial charge is 0.392 e. The summed E-state index contributed by atoms with van der Waals surface area (Å²) in [6, 6.07) is 0. The van der Waals surface area contributed by atoms with E-state index >= 15 is 0 Å². The van der Waals surface area contributed by atoms with Crippen LogP contribution in [0.25, 0.3) is 0 Å². The Hall–Kier alpha value is -1.22. The van der Waals surface area contributed by atoms with E-state index in [0.29, 0.717) is 11.1 Å². The van der Waals surface area contributed by atoms with E-state index in [1.807, 2.05) is 0 Å². The molecule has 1 rings (SSSR count). The third-order valence-electron chi connectivity index (χ3n) is 1.56. The smallest absolute Gasteiger partial charge is 0.150 e. The first-order valence-electron chi connectivity index (χ1n) is 3.29. The van der Waals surface area contributed by atoms with E-state index in [9.17, 15) is 4.79 Å². The summed E-state index contributed by atoms with van der Waals surface area (Å²) in [5.41, 5.74) is 1.93. The number of aliphatic hydroxyl groups excluding tert-OH is 1. The van der Waals surface area contributed by atoms with Crippen LogP contribution in [0.15, 0.2) is 12.4 Å². The van der Waals surface area contributed by atoms with Crippen LogP contribution < -0.4 is 0 Å². The molecule has 0 amide bonds. The number of pyridine rings is 1. The van der Waals surface area contributed by atoms with Gasteiger partial charge in [-0.05, 0) is 12.5 Å². The fraction of sp³-hybridized carbons (Fsp3) is 0.250. The van der Waals surface area contributed by atoms with Crippen LogP contribution in [0, 0.1) is 6.92 Å². The molecule has 11 heavy (non-hydrogen) atoms. The molecule has 0 radical (unpaired) electrons. The molecule has 0 aliphatic heterocycles. The van der Waals surface area contributed by atoms with Gasteiger partial charge in [0.15, 0.2) is 6.29 Å². The van der Waals surface area contributed by atoms with Crippen LogP contribution in [0.2, 0.25) is 0 Å². The molecule has 58 valence electrons. The van der Waals surface area contributed by atoms with E-state index in [0.717, 1.165) is 11.8 Å². The van der Waals surface area contributed by atoms with Crippen molar-refractivity contribution in [2.24, 2.45) is 0 Å². The molecule has 0 aliphatic carbocycles. The van der Waals surface area contributed by atoms with Crippen molar-refractivity contribution < 1.29 is 9.90 Å². The summed E-state index contributed by atoms with van der Waals surface area (Å²) in [7, 11) is 0. The highest BCUT2D eigenvalue weighted by molar-refractivity contribution is 5.78. The van der Waals surface area contributed by atoms with Gasteiger partial charge in [-0.1, -0.05) is 0 Å².